The van der Waals surface area contributed by atoms with Crippen LogP contribution in [0, 0.1) is 5.92 Å². The molecule has 1 N–H and O–H groups in total. The van der Waals surface area contributed by atoms with E-state index in [-0.39, 0.29) is 24.2 Å². The minimum Gasteiger partial charge on any atom is -0.497 e. The number of amides is 2. The van der Waals surface area contributed by atoms with Gasteiger partial charge in [-0.2, -0.15) is 0 Å². The van der Waals surface area contributed by atoms with Crippen molar-refractivity contribution < 1.29 is 23.8 Å². The van der Waals surface area contributed by atoms with Crippen molar-refractivity contribution in [3.8, 4) is 11.5 Å². The molecule has 1 atom stereocenters. The summed E-state index contributed by atoms with van der Waals surface area (Å²) in [6.07, 6.45) is 3.14. The quantitative estimate of drug-likeness (QED) is 0.598. The van der Waals surface area contributed by atoms with E-state index in [1.54, 1.807) is 37.3 Å². The maximum absolute atomic E-state index is 12.4. The topological polar surface area (TPSA) is 77.1 Å². The van der Waals surface area contributed by atoms with Gasteiger partial charge < -0.3 is 24.4 Å². The summed E-state index contributed by atoms with van der Waals surface area (Å²) in [4.78, 5) is 26.4. The molecule has 1 aliphatic rings. The van der Waals surface area contributed by atoms with E-state index in [2.05, 4.69) is 12.2 Å². The van der Waals surface area contributed by atoms with E-state index in [1.165, 1.54) is 0 Å². The number of benzene rings is 1. The highest BCUT2D eigenvalue weighted by Gasteiger charge is 2.36. The van der Waals surface area contributed by atoms with Crippen LogP contribution in [0.25, 0.3) is 0 Å². The minimum atomic E-state index is -0.356. The van der Waals surface area contributed by atoms with Gasteiger partial charge in [0.15, 0.2) is 0 Å². The van der Waals surface area contributed by atoms with Crippen molar-refractivity contribution in [3.63, 3.8) is 0 Å². The molecule has 1 saturated heterocycles. The number of carbonyl (C=O) groups excluding carboxylic acids is 2. The number of anilines is 1. The number of nitrogens with one attached hydrogen (secondary N) is 1. The van der Waals surface area contributed by atoms with E-state index in [4.69, 9.17) is 14.2 Å². The second-order valence-electron chi connectivity index (χ2n) is 6.55. The molecule has 7 nitrogen and oxygen atoms in total. The second kappa shape index (κ2) is 10.8. The van der Waals surface area contributed by atoms with Crippen molar-refractivity contribution in [2.24, 2.45) is 5.92 Å². The van der Waals surface area contributed by atoms with E-state index in [1.807, 2.05) is 0 Å². The number of hydrogen-bond donors (Lipinski definition) is 1. The molecule has 1 aromatic carbocycles. The Morgan fingerprint density at radius 1 is 1.22 bits per heavy atom. The Balaban J connectivity index is 1.85. The largest absolute Gasteiger partial charge is 0.497 e. The molecule has 0 bridgehead atoms. The summed E-state index contributed by atoms with van der Waals surface area (Å²) in [6, 6.07) is 5.29. The van der Waals surface area contributed by atoms with Crippen LogP contribution in [0.1, 0.15) is 32.6 Å². The average Bonchev–Trinajstić information content (AvgIpc) is 3.08. The number of methoxy groups -OCH3 is 2. The third kappa shape index (κ3) is 5.85. The SMILES string of the molecule is CCCCOCCCNC(=O)[C@H]1CC(=O)N(c2ccc(OC)cc2OC)C1. The highest BCUT2D eigenvalue weighted by molar-refractivity contribution is 6.01. The number of ether oxygens (including phenoxy) is 3. The number of carbonyl (C=O) groups is 2. The normalized spacial score (nSPS) is 16.5. The lowest BCUT2D eigenvalue weighted by Crippen LogP contribution is -2.34. The summed E-state index contributed by atoms with van der Waals surface area (Å²) in [5.41, 5.74) is 0.655. The number of unbranched alkanes of at least 4 members (excludes halogenated alkanes) is 1. The highest BCUT2D eigenvalue weighted by atomic mass is 16.5. The number of rotatable bonds is 11. The molecule has 2 amide bonds. The molecule has 1 aromatic rings. The van der Waals surface area contributed by atoms with Crippen molar-refractivity contribution in [3.05, 3.63) is 18.2 Å². The van der Waals surface area contributed by atoms with Crippen molar-refractivity contribution in [1.82, 2.24) is 5.32 Å². The third-order valence-electron chi connectivity index (χ3n) is 4.58. The molecule has 7 heteroatoms. The maximum atomic E-state index is 12.4. The van der Waals surface area contributed by atoms with Crippen LogP contribution >= 0.6 is 0 Å². The van der Waals surface area contributed by atoms with Crippen LogP contribution in [0.15, 0.2) is 18.2 Å². The van der Waals surface area contributed by atoms with Crippen molar-refractivity contribution >= 4 is 17.5 Å². The number of nitrogens with zero attached hydrogens (tertiary/aromatic N) is 1. The van der Waals surface area contributed by atoms with Gasteiger partial charge in [-0.3, -0.25) is 9.59 Å². The van der Waals surface area contributed by atoms with Gasteiger partial charge in [-0.15, -0.1) is 0 Å². The molecule has 150 valence electrons. The van der Waals surface area contributed by atoms with Gasteiger partial charge in [0.1, 0.15) is 11.5 Å². The standard InChI is InChI=1S/C20H30N2O5/c1-4-5-10-27-11-6-9-21-20(24)15-12-19(23)22(14-15)17-8-7-16(25-2)13-18(17)26-3/h7-8,13,15H,4-6,9-12,14H2,1-3H3,(H,21,24)/t15-/m0/s1. The van der Waals surface area contributed by atoms with Crippen LogP contribution in [-0.2, 0) is 14.3 Å². The molecule has 1 aliphatic heterocycles. The fourth-order valence-corrected chi connectivity index (χ4v) is 3.00. The Morgan fingerprint density at radius 2 is 2.00 bits per heavy atom. The van der Waals surface area contributed by atoms with Crippen molar-refractivity contribution in [1.29, 1.82) is 0 Å². The molecular formula is C20H30N2O5. The molecule has 0 saturated carbocycles. The lowest BCUT2D eigenvalue weighted by Gasteiger charge is -2.20. The van der Waals surface area contributed by atoms with Gasteiger partial charge >= 0.3 is 0 Å². The smallest absolute Gasteiger partial charge is 0.227 e. The van der Waals surface area contributed by atoms with Gasteiger partial charge in [-0.05, 0) is 25.0 Å². The molecule has 2 rings (SSSR count). The summed E-state index contributed by atoms with van der Waals surface area (Å²) in [6.45, 7) is 4.43. The van der Waals surface area contributed by atoms with Gasteiger partial charge in [0, 0.05) is 38.8 Å². The Hall–Kier alpha value is -2.28. The zero-order valence-corrected chi connectivity index (χ0v) is 16.5. The monoisotopic (exact) mass is 378 g/mol. The molecule has 27 heavy (non-hydrogen) atoms. The van der Waals surface area contributed by atoms with E-state index in [0.717, 1.165) is 25.9 Å². The van der Waals surface area contributed by atoms with E-state index in [9.17, 15) is 9.59 Å². The molecule has 0 radical (unpaired) electrons. The van der Waals surface area contributed by atoms with Gasteiger partial charge in [0.05, 0.1) is 25.8 Å². The van der Waals surface area contributed by atoms with Gasteiger partial charge in [-0.25, -0.2) is 0 Å². The van der Waals surface area contributed by atoms with Crippen LogP contribution in [0.2, 0.25) is 0 Å². The van der Waals surface area contributed by atoms with Crippen LogP contribution in [-0.4, -0.2) is 52.3 Å². The van der Waals surface area contributed by atoms with E-state index >= 15 is 0 Å². The molecule has 0 aliphatic carbocycles. The second-order valence-corrected chi connectivity index (χ2v) is 6.55. The zero-order chi connectivity index (χ0) is 19.6. The molecule has 0 spiro atoms. The fourth-order valence-electron chi connectivity index (χ4n) is 3.00. The van der Waals surface area contributed by atoms with Crippen molar-refractivity contribution in [2.75, 3.05) is 45.4 Å². The summed E-state index contributed by atoms with van der Waals surface area (Å²) in [5.74, 6) is 0.671. The summed E-state index contributed by atoms with van der Waals surface area (Å²) < 4.78 is 16.0. The van der Waals surface area contributed by atoms with Crippen molar-refractivity contribution in [2.45, 2.75) is 32.6 Å². The first-order chi connectivity index (χ1) is 13.1. The first-order valence-corrected chi connectivity index (χ1v) is 9.48. The predicted molar refractivity (Wildman–Crippen MR) is 103 cm³/mol. The van der Waals surface area contributed by atoms with E-state index < -0.39 is 0 Å². The number of hydrogen-bond acceptors (Lipinski definition) is 5. The van der Waals surface area contributed by atoms with Gasteiger partial charge in [0.25, 0.3) is 0 Å². The first-order valence-electron chi connectivity index (χ1n) is 9.48. The summed E-state index contributed by atoms with van der Waals surface area (Å²) in [7, 11) is 3.12. The van der Waals surface area contributed by atoms with Crippen LogP contribution < -0.4 is 19.7 Å². The molecule has 0 aromatic heterocycles. The Labute approximate surface area is 161 Å². The molecule has 0 unspecified atom stereocenters. The Morgan fingerprint density at radius 3 is 2.70 bits per heavy atom. The fraction of sp³-hybridized carbons (Fsp3) is 0.600. The Kier molecular flexibility index (Phi) is 8.39. The van der Waals surface area contributed by atoms with Crippen LogP contribution in [0.4, 0.5) is 5.69 Å². The first kappa shape index (κ1) is 21.0. The van der Waals surface area contributed by atoms with Gasteiger partial charge in [-0.1, -0.05) is 13.3 Å². The van der Waals surface area contributed by atoms with Gasteiger partial charge in [0.2, 0.25) is 11.8 Å². The van der Waals surface area contributed by atoms with E-state index in [0.29, 0.717) is 36.9 Å². The lowest BCUT2D eigenvalue weighted by atomic mass is 10.1. The molecule has 1 fully saturated rings. The molecule has 1 heterocycles. The summed E-state index contributed by atoms with van der Waals surface area (Å²) >= 11 is 0. The predicted octanol–water partition coefficient (Wildman–Crippen LogP) is 2.38. The minimum absolute atomic E-state index is 0.0819. The average molecular weight is 378 g/mol. The lowest BCUT2D eigenvalue weighted by molar-refractivity contribution is -0.126. The van der Waals surface area contributed by atoms with Crippen LogP contribution in [0.3, 0.4) is 0 Å². The maximum Gasteiger partial charge on any atom is 0.227 e. The van der Waals surface area contributed by atoms with Crippen LogP contribution in [0.5, 0.6) is 11.5 Å². The summed E-state index contributed by atoms with van der Waals surface area (Å²) in [5, 5.41) is 2.91. The Bertz CT molecular complexity index is 635. The third-order valence-corrected chi connectivity index (χ3v) is 4.58. The zero-order valence-electron chi connectivity index (χ0n) is 16.5. The highest BCUT2D eigenvalue weighted by Crippen LogP contribution is 2.35. The molecular weight excluding hydrogens is 348 g/mol.